The summed E-state index contributed by atoms with van der Waals surface area (Å²) >= 11 is 0. The van der Waals surface area contributed by atoms with Crippen LogP contribution in [0.15, 0.2) is 11.1 Å². The molecule has 3 saturated carbocycles. The number of fused-ring (bicyclic) bond motifs is 5. The van der Waals surface area contributed by atoms with Crippen molar-refractivity contribution in [2.24, 2.45) is 29.1 Å². The summed E-state index contributed by atoms with van der Waals surface area (Å²) in [5.74, 6) is 2.00. The molecule has 2 bridgehead atoms. The van der Waals surface area contributed by atoms with Crippen molar-refractivity contribution in [3.8, 4) is 0 Å². The molecule has 0 aromatic heterocycles. The maximum atomic E-state index is 13.2. The number of rotatable bonds is 6. The monoisotopic (exact) mass is 402 g/mol. The van der Waals surface area contributed by atoms with E-state index in [4.69, 9.17) is 9.47 Å². The van der Waals surface area contributed by atoms with Crippen LogP contribution in [0.1, 0.15) is 92.4 Å². The molecule has 0 saturated heterocycles. The van der Waals surface area contributed by atoms with Crippen LogP contribution in [0.3, 0.4) is 0 Å². The third kappa shape index (κ3) is 3.35. The fraction of sp³-hybridized carbons (Fsp3) is 0.840. The van der Waals surface area contributed by atoms with Crippen molar-refractivity contribution in [3.63, 3.8) is 0 Å². The molecular formula is C25H38O4. The number of hydrogen-bond acceptors (Lipinski definition) is 4. The Hall–Kier alpha value is -1.32. The zero-order chi connectivity index (χ0) is 21.0. The summed E-state index contributed by atoms with van der Waals surface area (Å²) in [4.78, 5) is 25.1. The Morgan fingerprint density at radius 3 is 2.45 bits per heavy atom. The van der Waals surface area contributed by atoms with Gasteiger partial charge in [-0.15, -0.1) is 0 Å². The molecule has 3 fully saturated rings. The molecule has 0 N–H and O–H groups in total. The van der Waals surface area contributed by atoms with Gasteiger partial charge in [0, 0.05) is 12.3 Å². The van der Waals surface area contributed by atoms with Crippen molar-refractivity contribution in [3.05, 3.63) is 11.1 Å². The van der Waals surface area contributed by atoms with E-state index in [-0.39, 0.29) is 18.0 Å². The largest absolute Gasteiger partial charge is 0.462 e. The summed E-state index contributed by atoms with van der Waals surface area (Å²) in [6, 6.07) is 0. The van der Waals surface area contributed by atoms with Gasteiger partial charge in [0.15, 0.2) is 0 Å². The predicted molar refractivity (Wildman–Crippen MR) is 112 cm³/mol. The summed E-state index contributed by atoms with van der Waals surface area (Å²) in [6.45, 7) is 10.2. The second kappa shape index (κ2) is 7.42. The van der Waals surface area contributed by atoms with E-state index in [0.29, 0.717) is 30.1 Å². The van der Waals surface area contributed by atoms with Gasteiger partial charge in [-0.1, -0.05) is 19.4 Å². The Balaban J connectivity index is 1.62. The first-order chi connectivity index (χ1) is 13.7. The van der Waals surface area contributed by atoms with Gasteiger partial charge >= 0.3 is 11.9 Å². The second-order valence-electron chi connectivity index (χ2n) is 10.7. The maximum absolute atomic E-state index is 13.2. The third-order valence-corrected chi connectivity index (χ3v) is 8.77. The zero-order valence-electron chi connectivity index (χ0n) is 18.9. The number of ether oxygens (including phenoxy) is 2. The van der Waals surface area contributed by atoms with Gasteiger partial charge in [-0.3, -0.25) is 9.59 Å². The number of carbonyl (C=O) groups is 2. The highest BCUT2D eigenvalue weighted by Gasteiger charge is 2.66. The number of carbonyl (C=O) groups excluding carboxylic acids is 2. The average Bonchev–Trinajstić information content (AvgIpc) is 3.42. The number of esters is 2. The van der Waals surface area contributed by atoms with Crippen LogP contribution in [0.5, 0.6) is 0 Å². The average molecular weight is 403 g/mol. The minimum atomic E-state index is -0.448. The van der Waals surface area contributed by atoms with Gasteiger partial charge in [0.25, 0.3) is 0 Å². The summed E-state index contributed by atoms with van der Waals surface area (Å²) in [5.41, 5.74) is 2.02. The van der Waals surface area contributed by atoms with Gasteiger partial charge in [-0.2, -0.15) is 0 Å². The summed E-state index contributed by atoms with van der Waals surface area (Å²) in [6.07, 6.45) is 8.76. The molecule has 4 aliphatic rings. The first-order valence-corrected chi connectivity index (χ1v) is 11.8. The summed E-state index contributed by atoms with van der Waals surface area (Å²) in [7, 11) is 0. The van der Waals surface area contributed by atoms with Gasteiger partial charge in [0.05, 0.1) is 5.41 Å². The van der Waals surface area contributed by atoms with E-state index in [0.717, 1.165) is 38.5 Å². The fourth-order valence-electron chi connectivity index (χ4n) is 6.85. The van der Waals surface area contributed by atoms with Crippen LogP contribution in [0.2, 0.25) is 0 Å². The van der Waals surface area contributed by atoms with Gasteiger partial charge in [0.2, 0.25) is 0 Å². The van der Waals surface area contributed by atoms with Crippen LogP contribution in [-0.4, -0.2) is 23.6 Å². The van der Waals surface area contributed by atoms with Gasteiger partial charge in [-0.05, 0) is 95.5 Å². The van der Waals surface area contributed by atoms with E-state index < -0.39 is 11.0 Å². The molecule has 4 nitrogen and oxygen atoms in total. The lowest BCUT2D eigenvalue weighted by molar-refractivity contribution is -0.175. The lowest BCUT2D eigenvalue weighted by atomic mass is 9.68. The Kier molecular flexibility index (Phi) is 5.36. The molecule has 0 spiro atoms. The molecule has 0 aliphatic heterocycles. The minimum Gasteiger partial charge on any atom is -0.462 e. The number of allylic oxidation sites excluding steroid dienone is 1. The Labute approximate surface area is 175 Å². The molecule has 0 amide bonds. The molecule has 0 radical (unpaired) electrons. The van der Waals surface area contributed by atoms with Crippen molar-refractivity contribution in [1.29, 1.82) is 0 Å². The van der Waals surface area contributed by atoms with Crippen molar-refractivity contribution >= 4 is 11.9 Å². The molecule has 4 heteroatoms. The lowest BCUT2D eigenvalue weighted by Gasteiger charge is -2.45. The molecule has 29 heavy (non-hydrogen) atoms. The van der Waals surface area contributed by atoms with Crippen molar-refractivity contribution in [1.82, 2.24) is 0 Å². The first kappa shape index (κ1) is 20.9. The van der Waals surface area contributed by atoms with Crippen molar-refractivity contribution in [2.75, 3.05) is 0 Å². The first-order valence-electron chi connectivity index (χ1n) is 11.8. The summed E-state index contributed by atoms with van der Waals surface area (Å²) in [5, 5.41) is 0. The van der Waals surface area contributed by atoms with Crippen LogP contribution in [-0.2, 0) is 19.1 Å². The Morgan fingerprint density at radius 1 is 1.10 bits per heavy atom. The van der Waals surface area contributed by atoms with Gasteiger partial charge in [-0.25, -0.2) is 0 Å². The highest BCUT2D eigenvalue weighted by molar-refractivity contribution is 5.77. The topological polar surface area (TPSA) is 52.6 Å². The molecule has 0 heterocycles. The molecule has 6 atom stereocenters. The highest BCUT2D eigenvalue weighted by atomic mass is 16.6. The quantitative estimate of drug-likeness (QED) is 0.429. The third-order valence-electron chi connectivity index (χ3n) is 8.77. The van der Waals surface area contributed by atoms with E-state index in [1.807, 2.05) is 20.8 Å². The van der Waals surface area contributed by atoms with Crippen molar-refractivity contribution < 1.29 is 19.1 Å². The molecule has 162 valence electrons. The molecule has 0 aromatic carbocycles. The van der Waals surface area contributed by atoms with Crippen LogP contribution in [0, 0.1) is 29.1 Å². The number of hydrogen-bond donors (Lipinski definition) is 0. The minimum absolute atomic E-state index is 0.0387. The molecule has 0 aromatic rings. The van der Waals surface area contributed by atoms with E-state index in [1.165, 1.54) is 24.0 Å². The van der Waals surface area contributed by atoms with Crippen LogP contribution in [0.25, 0.3) is 0 Å². The second-order valence-corrected chi connectivity index (χ2v) is 10.7. The van der Waals surface area contributed by atoms with Gasteiger partial charge < -0.3 is 9.47 Å². The van der Waals surface area contributed by atoms with Crippen LogP contribution in [0.4, 0.5) is 0 Å². The molecular weight excluding hydrogens is 364 g/mol. The fourth-order valence-corrected chi connectivity index (χ4v) is 6.85. The van der Waals surface area contributed by atoms with Crippen LogP contribution < -0.4 is 0 Å². The lowest BCUT2D eigenvalue weighted by Crippen LogP contribution is -2.48. The zero-order valence-corrected chi connectivity index (χ0v) is 18.9. The SMILES string of the molecule is CCC(=O)OC1CC2C3CC(C2C1)C(OC(=O)C(C)(C)CC)(C1=C(C)CCC1)C3. The maximum Gasteiger partial charge on any atom is 0.312 e. The molecule has 4 aliphatic carbocycles. The van der Waals surface area contributed by atoms with E-state index in [1.54, 1.807) is 0 Å². The van der Waals surface area contributed by atoms with Crippen molar-refractivity contribution in [2.45, 2.75) is 104 Å². The van der Waals surface area contributed by atoms with E-state index in [9.17, 15) is 9.59 Å². The Bertz CT molecular complexity index is 720. The van der Waals surface area contributed by atoms with E-state index in [2.05, 4.69) is 13.8 Å². The smallest absolute Gasteiger partial charge is 0.312 e. The summed E-state index contributed by atoms with van der Waals surface area (Å²) < 4.78 is 12.3. The standard InChI is InChI=1S/C25H38O4/c1-6-22(26)28-17-12-18-16-11-21(19(18)13-17)25(14-16,20-10-8-9-15(20)3)29-23(27)24(4,5)7-2/h16-19,21H,6-14H2,1-5H3. The van der Waals surface area contributed by atoms with E-state index >= 15 is 0 Å². The predicted octanol–water partition coefficient (Wildman–Crippen LogP) is 5.59. The molecule has 4 rings (SSSR count). The van der Waals surface area contributed by atoms with Crippen LogP contribution >= 0.6 is 0 Å². The van der Waals surface area contributed by atoms with Gasteiger partial charge in [0.1, 0.15) is 11.7 Å². The Morgan fingerprint density at radius 2 is 1.83 bits per heavy atom. The molecule has 6 unspecified atom stereocenters. The normalized spacial score (nSPS) is 38.4. The highest BCUT2D eigenvalue weighted by Crippen LogP contribution is 2.67.